The number of aliphatic imine (C=N–C) groups is 1. The summed E-state index contributed by atoms with van der Waals surface area (Å²) in [5.74, 6) is 1.72. The van der Waals surface area contributed by atoms with Crippen LogP contribution in [0.5, 0.6) is 0 Å². The molecule has 6 heteroatoms. The van der Waals surface area contributed by atoms with E-state index in [0.717, 1.165) is 50.9 Å². The molecule has 1 aromatic rings. The molecule has 1 saturated carbocycles. The lowest BCUT2D eigenvalue weighted by atomic mass is 9.87. The Morgan fingerprint density at radius 1 is 1.11 bits per heavy atom. The number of likely N-dealkylation sites (tertiary alicyclic amines) is 1. The molecule has 2 unspecified atom stereocenters. The minimum Gasteiger partial charge on any atom is -0.393 e. The van der Waals surface area contributed by atoms with E-state index >= 15 is 0 Å². The van der Waals surface area contributed by atoms with Gasteiger partial charge in [-0.1, -0.05) is 44.0 Å². The fourth-order valence-electron chi connectivity index (χ4n) is 4.24. The second-order valence-electron chi connectivity index (χ2n) is 8.36. The van der Waals surface area contributed by atoms with Crippen molar-refractivity contribution in [3.8, 4) is 0 Å². The normalized spacial score (nSPS) is 24.5. The lowest BCUT2D eigenvalue weighted by molar-refractivity contribution is 0.0792. The Morgan fingerprint density at radius 2 is 1.79 bits per heavy atom. The number of benzene rings is 1. The summed E-state index contributed by atoms with van der Waals surface area (Å²) in [4.78, 5) is 6.82. The number of piperidine rings is 1. The van der Waals surface area contributed by atoms with E-state index in [-0.39, 0.29) is 30.1 Å². The van der Waals surface area contributed by atoms with E-state index in [4.69, 9.17) is 0 Å². The number of nitrogens with one attached hydrogen (secondary N) is 2. The second-order valence-corrected chi connectivity index (χ2v) is 8.36. The van der Waals surface area contributed by atoms with E-state index in [9.17, 15) is 5.11 Å². The summed E-state index contributed by atoms with van der Waals surface area (Å²) >= 11 is 0. The minimum absolute atomic E-state index is 0. The van der Waals surface area contributed by atoms with Gasteiger partial charge in [0.2, 0.25) is 0 Å². The topological polar surface area (TPSA) is 59.9 Å². The molecule has 1 aliphatic heterocycles. The van der Waals surface area contributed by atoms with Crippen molar-refractivity contribution in [3.05, 3.63) is 35.4 Å². The molecule has 2 fully saturated rings. The van der Waals surface area contributed by atoms with Crippen LogP contribution >= 0.6 is 24.0 Å². The smallest absolute Gasteiger partial charge is 0.191 e. The standard InChI is InChI=1S/C22H36N4O.HI/c1-17-4-3-5-20(14-17)25-22(23-2)24-15-18-6-8-19(9-7-18)16-26-12-10-21(27)11-13-26;/h6-9,17,20-21,27H,3-5,10-16H2,1-2H3,(H2,23,24,25);1H. The lowest BCUT2D eigenvalue weighted by Gasteiger charge is -2.29. The zero-order chi connectivity index (χ0) is 19.1. The number of aliphatic hydroxyl groups is 1. The average molecular weight is 500 g/mol. The number of hydrogen-bond acceptors (Lipinski definition) is 3. The van der Waals surface area contributed by atoms with Crippen LogP contribution in [0, 0.1) is 5.92 Å². The maximum atomic E-state index is 9.62. The Kier molecular flexibility index (Phi) is 10.0. The summed E-state index contributed by atoms with van der Waals surface area (Å²) in [6.45, 7) is 6.10. The minimum atomic E-state index is -0.102. The molecule has 2 atom stereocenters. The van der Waals surface area contributed by atoms with Crippen LogP contribution in [0.2, 0.25) is 0 Å². The molecule has 0 aromatic heterocycles. The van der Waals surface area contributed by atoms with E-state index in [1.54, 1.807) is 0 Å². The van der Waals surface area contributed by atoms with Crippen LogP contribution < -0.4 is 10.6 Å². The Hall–Kier alpha value is -0.860. The summed E-state index contributed by atoms with van der Waals surface area (Å²) in [5.41, 5.74) is 2.61. The SMILES string of the molecule is CN=C(NCc1ccc(CN2CCC(O)CC2)cc1)NC1CCCC(C)C1.I. The van der Waals surface area contributed by atoms with E-state index in [1.165, 1.54) is 36.8 Å². The summed E-state index contributed by atoms with van der Waals surface area (Å²) < 4.78 is 0. The van der Waals surface area contributed by atoms with Crippen LogP contribution in [-0.2, 0) is 13.1 Å². The van der Waals surface area contributed by atoms with Crippen LogP contribution in [0.4, 0.5) is 0 Å². The summed E-state index contributed by atoms with van der Waals surface area (Å²) in [6.07, 6.45) is 6.84. The highest BCUT2D eigenvalue weighted by atomic mass is 127. The van der Waals surface area contributed by atoms with Crippen molar-refractivity contribution in [1.82, 2.24) is 15.5 Å². The highest BCUT2D eigenvalue weighted by Gasteiger charge is 2.19. The highest BCUT2D eigenvalue weighted by Crippen LogP contribution is 2.23. The second kappa shape index (κ2) is 12.0. The van der Waals surface area contributed by atoms with Crippen molar-refractivity contribution in [2.45, 2.75) is 70.7 Å². The Bertz CT molecular complexity index is 599. The van der Waals surface area contributed by atoms with Gasteiger partial charge in [-0.3, -0.25) is 9.89 Å². The number of guanidine groups is 1. The molecule has 0 amide bonds. The molecule has 3 N–H and O–H groups in total. The molecule has 3 rings (SSSR count). The number of halogens is 1. The monoisotopic (exact) mass is 500 g/mol. The number of nitrogens with zero attached hydrogens (tertiary/aromatic N) is 2. The third kappa shape index (κ3) is 7.52. The Morgan fingerprint density at radius 3 is 2.43 bits per heavy atom. The van der Waals surface area contributed by atoms with E-state index < -0.39 is 0 Å². The van der Waals surface area contributed by atoms with Gasteiger partial charge in [-0.25, -0.2) is 0 Å². The van der Waals surface area contributed by atoms with Crippen molar-refractivity contribution in [1.29, 1.82) is 0 Å². The molecule has 5 nitrogen and oxygen atoms in total. The van der Waals surface area contributed by atoms with Gasteiger partial charge < -0.3 is 15.7 Å². The van der Waals surface area contributed by atoms with E-state index in [1.807, 2.05) is 7.05 Å². The fourth-order valence-corrected chi connectivity index (χ4v) is 4.24. The molecule has 158 valence electrons. The summed E-state index contributed by atoms with van der Waals surface area (Å²) in [5, 5.41) is 16.7. The van der Waals surface area contributed by atoms with Crippen molar-refractivity contribution < 1.29 is 5.11 Å². The maximum Gasteiger partial charge on any atom is 0.191 e. The lowest BCUT2D eigenvalue weighted by Crippen LogP contribution is -2.44. The molecule has 2 aliphatic rings. The summed E-state index contributed by atoms with van der Waals surface area (Å²) in [7, 11) is 1.85. The molecule has 28 heavy (non-hydrogen) atoms. The van der Waals surface area contributed by atoms with Crippen molar-refractivity contribution in [3.63, 3.8) is 0 Å². The van der Waals surface area contributed by atoms with Gasteiger partial charge in [0.1, 0.15) is 0 Å². The van der Waals surface area contributed by atoms with Gasteiger partial charge in [-0.15, -0.1) is 24.0 Å². The van der Waals surface area contributed by atoms with Gasteiger partial charge in [0.15, 0.2) is 5.96 Å². The molecule has 1 saturated heterocycles. The van der Waals surface area contributed by atoms with Crippen molar-refractivity contribution in [2.75, 3.05) is 20.1 Å². The zero-order valence-electron chi connectivity index (χ0n) is 17.4. The molecule has 1 aliphatic carbocycles. The first-order valence-corrected chi connectivity index (χ1v) is 10.6. The Balaban J connectivity index is 0.00000280. The van der Waals surface area contributed by atoms with Crippen LogP contribution in [0.25, 0.3) is 0 Å². The first kappa shape index (κ1) is 23.4. The zero-order valence-corrected chi connectivity index (χ0v) is 19.7. The molecular formula is C22H37IN4O. The first-order valence-electron chi connectivity index (χ1n) is 10.6. The highest BCUT2D eigenvalue weighted by molar-refractivity contribution is 14.0. The molecule has 0 radical (unpaired) electrons. The predicted octanol–water partition coefficient (Wildman–Crippen LogP) is 3.51. The van der Waals surface area contributed by atoms with Gasteiger partial charge in [0, 0.05) is 39.3 Å². The van der Waals surface area contributed by atoms with Gasteiger partial charge in [-0.2, -0.15) is 0 Å². The Labute approximate surface area is 187 Å². The largest absolute Gasteiger partial charge is 0.393 e. The molecule has 1 heterocycles. The van der Waals surface area contributed by atoms with Gasteiger partial charge in [0.25, 0.3) is 0 Å². The van der Waals surface area contributed by atoms with Crippen molar-refractivity contribution in [2.24, 2.45) is 10.9 Å². The average Bonchev–Trinajstić information content (AvgIpc) is 2.68. The third-order valence-corrected chi connectivity index (χ3v) is 5.95. The first-order chi connectivity index (χ1) is 13.1. The fraction of sp³-hybridized carbons (Fsp3) is 0.682. The molecular weight excluding hydrogens is 463 g/mol. The number of hydrogen-bond donors (Lipinski definition) is 3. The number of aliphatic hydroxyl groups excluding tert-OH is 1. The van der Waals surface area contributed by atoms with Crippen LogP contribution in [0.3, 0.4) is 0 Å². The van der Waals surface area contributed by atoms with Crippen molar-refractivity contribution >= 4 is 29.9 Å². The predicted molar refractivity (Wildman–Crippen MR) is 127 cm³/mol. The molecule has 1 aromatic carbocycles. The number of rotatable bonds is 5. The van der Waals surface area contributed by atoms with Gasteiger partial charge >= 0.3 is 0 Å². The third-order valence-electron chi connectivity index (χ3n) is 5.95. The molecule has 0 spiro atoms. The van der Waals surface area contributed by atoms with Gasteiger partial charge in [-0.05, 0) is 42.7 Å². The van der Waals surface area contributed by atoms with E-state index in [2.05, 4.69) is 51.7 Å². The quantitative estimate of drug-likeness (QED) is 0.329. The van der Waals surface area contributed by atoms with Crippen LogP contribution in [-0.4, -0.2) is 48.2 Å². The van der Waals surface area contributed by atoms with Crippen LogP contribution in [0.15, 0.2) is 29.3 Å². The van der Waals surface area contributed by atoms with Crippen LogP contribution in [0.1, 0.15) is 56.6 Å². The van der Waals surface area contributed by atoms with E-state index in [0.29, 0.717) is 6.04 Å². The molecule has 0 bridgehead atoms. The summed E-state index contributed by atoms with van der Waals surface area (Å²) in [6, 6.07) is 9.40. The van der Waals surface area contributed by atoms with Gasteiger partial charge in [0.05, 0.1) is 6.10 Å². The maximum absolute atomic E-state index is 9.62.